The van der Waals surface area contributed by atoms with Crippen molar-refractivity contribution in [2.45, 2.75) is 59.1 Å². The normalized spacial score (nSPS) is 12.8. The number of hydrogen-bond donors (Lipinski definition) is 1. The van der Waals surface area contributed by atoms with E-state index in [1.165, 1.54) is 28.6 Å². The number of benzene rings is 1. The number of carbonyl (C=O) groups excluding carboxylic acids is 2. The number of carbonyl (C=O) groups is 2. The summed E-state index contributed by atoms with van der Waals surface area (Å²) in [6.45, 7) is 11.2. The molecule has 1 N–H and O–H groups in total. The van der Waals surface area contributed by atoms with Crippen LogP contribution in [0.2, 0.25) is 0 Å². The molecule has 1 aromatic heterocycles. The molecule has 32 heavy (non-hydrogen) atoms. The quantitative estimate of drug-likeness (QED) is 0.536. The fourth-order valence-electron chi connectivity index (χ4n) is 3.17. The van der Waals surface area contributed by atoms with Gasteiger partial charge in [-0.1, -0.05) is 38.9 Å². The van der Waals surface area contributed by atoms with Crippen molar-refractivity contribution in [2.24, 2.45) is 5.92 Å². The molecule has 0 fully saturated rings. The first-order valence-corrected chi connectivity index (χ1v) is 12.0. The van der Waals surface area contributed by atoms with Crippen molar-refractivity contribution in [1.82, 2.24) is 14.8 Å². The van der Waals surface area contributed by atoms with E-state index in [0.29, 0.717) is 30.1 Å². The van der Waals surface area contributed by atoms with Crippen molar-refractivity contribution >= 4 is 21.9 Å². The number of ether oxygens (including phenoxy) is 1. The van der Waals surface area contributed by atoms with Crippen molar-refractivity contribution in [1.29, 1.82) is 0 Å². The van der Waals surface area contributed by atoms with Crippen LogP contribution >= 0.6 is 0 Å². The number of nitrogens with zero attached hydrogens (tertiary/aromatic N) is 2. The van der Waals surface area contributed by atoms with Crippen LogP contribution < -0.4 is 5.32 Å². The molecule has 2 rings (SSSR count). The van der Waals surface area contributed by atoms with E-state index in [-0.39, 0.29) is 23.0 Å². The summed E-state index contributed by atoms with van der Waals surface area (Å²) in [7, 11) is -3.71. The van der Waals surface area contributed by atoms with Crippen LogP contribution in [0.4, 0.5) is 0 Å². The summed E-state index contributed by atoms with van der Waals surface area (Å²) in [4.78, 5) is 25.5. The fraction of sp³-hybridized carbons (Fsp3) is 0.500. The second-order valence-electron chi connectivity index (χ2n) is 7.72. The Kier molecular flexibility index (Phi) is 8.57. The molecule has 1 aromatic carbocycles. The maximum Gasteiger partial charge on any atom is 0.329 e. The number of rotatable bonds is 10. The molecule has 1 atom stereocenters. The number of hydrogen-bond acceptors (Lipinski definition) is 7. The largest absolute Gasteiger partial charge is 0.459 e. The summed E-state index contributed by atoms with van der Waals surface area (Å²) in [5.41, 5.74) is 1.45. The lowest BCUT2D eigenvalue weighted by Gasteiger charge is -2.21. The highest BCUT2D eigenvalue weighted by Gasteiger charge is 2.28. The predicted molar refractivity (Wildman–Crippen MR) is 118 cm³/mol. The van der Waals surface area contributed by atoms with Crippen LogP contribution in [0.3, 0.4) is 0 Å². The smallest absolute Gasteiger partial charge is 0.329 e. The van der Waals surface area contributed by atoms with Gasteiger partial charge in [0, 0.05) is 18.7 Å². The number of esters is 1. The zero-order chi connectivity index (χ0) is 24.1. The molecule has 0 bridgehead atoms. The lowest BCUT2D eigenvalue weighted by molar-refractivity contribution is -0.148. The van der Waals surface area contributed by atoms with Crippen molar-refractivity contribution in [3.05, 3.63) is 46.8 Å². The third kappa shape index (κ3) is 5.74. The second kappa shape index (κ2) is 10.7. The highest BCUT2D eigenvalue weighted by Crippen LogP contribution is 2.18. The summed E-state index contributed by atoms with van der Waals surface area (Å²) in [6, 6.07) is 4.86. The standard InChI is InChI=1S/C22H31N3O6S/c1-7-25(8-2)32(28,29)18-11-9-10-17(12-18)21(26)23-20(14(3)4)22(27)30-13-19-15(5)24-31-16(19)6/h9-12,14,20H,7-8,13H2,1-6H3,(H,23,26)/t20-/m1/s1. The van der Waals surface area contributed by atoms with Crippen molar-refractivity contribution < 1.29 is 27.3 Å². The Balaban J connectivity index is 2.17. The van der Waals surface area contributed by atoms with Gasteiger partial charge in [-0.05, 0) is 38.0 Å². The van der Waals surface area contributed by atoms with Crippen LogP contribution in [0.25, 0.3) is 0 Å². The molecular weight excluding hydrogens is 434 g/mol. The van der Waals surface area contributed by atoms with Gasteiger partial charge >= 0.3 is 5.97 Å². The summed E-state index contributed by atoms with van der Waals surface area (Å²) in [5, 5.41) is 6.49. The minimum absolute atomic E-state index is 0.0172. The molecule has 1 amide bonds. The van der Waals surface area contributed by atoms with Gasteiger partial charge in [0.1, 0.15) is 18.4 Å². The zero-order valence-electron chi connectivity index (χ0n) is 19.3. The van der Waals surface area contributed by atoms with Crippen LogP contribution in [0.15, 0.2) is 33.7 Å². The van der Waals surface area contributed by atoms with Crippen molar-refractivity contribution in [3.8, 4) is 0 Å². The maximum atomic E-state index is 12.8. The Hall–Kier alpha value is -2.72. The molecule has 9 nitrogen and oxygen atoms in total. The molecule has 1 heterocycles. The van der Waals surface area contributed by atoms with E-state index in [4.69, 9.17) is 9.26 Å². The van der Waals surface area contributed by atoms with Gasteiger partial charge in [0.2, 0.25) is 10.0 Å². The minimum atomic E-state index is -3.71. The highest BCUT2D eigenvalue weighted by molar-refractivity contribution is 7.89. The Morgan fingerprint density at radius 1 is 1.19 bits per heavy atom. The molecule has 0 spiro atoms. The van der Waals surface area contributed by atoms with Gasteiger partial charge in [-0.15, -0.1) is 0 Å². The molecule has 0 radical (unpaired) electrons. The average Bonchev–Trinajstić information content (AvgIpc) is 3.07. The minimum Gasteiger partial charge on any atom is -0.459 e. The van der Waals surface area contributed by atoms with Crippen LogP contribution in [-0.4, -0.2) is 48.9 Å². The Morgan fingerprint density at radius 2 is 1.84 bits per heavy atom. The average molecular weight is 466 g/mol. The number of aromatic nitrogens is 1. The van der Waals surface area contributed by atoms with Gasteiger partial charge in [-0.3, -0.25) is 4.79 Å². The highest BCUT2D eigenvalue weighted by atomic mass is 32.2. The van der Waals surface area contributed by atoms with E-state index in [0.717, 1.165) is 0 Å². The first-order valence-electron chi connectivity index (χ1n) is 10.5. The predicted octanol–water partition coefficient (Wildman–Crippen LogP) is 2.82. The van der Waals surface area contributed by atoms with Crippen molar-refractivity contribution in [3.63, 3.8) is 0 Å². The summed E-state index contributed by atoms with van der Waals surface area (Å²) >= 11 is 0. The van der Waals surface area contributed by atoms with Crippen LogP contribution in [0.1, 0.15) is 55.1 Å². The van der Waals surface area contributed by atoms with Gasteiger partial charge in [0.25, 0.3) is 5.91 Å². The van der Waals surface area contributed by atoms with Gasteiger partial charge in [0.15, 0.2) is 0 Å². The molecule has 176 valence electrons. The molecule has 0 unspecified atom stereocenters. The Bertz CT molecular complexity index is 1040. The number of nitrogens with one attached hydrogen (secondary N) is 1. The summed E-state index contributed by atoms with van der Waals surface area (Å²) < 4.78 is 37.3. The first kappa shape index (κ1) is 25.5. The van der Waals surface area contributed by atoms with Gasteiger partial charge in [-0.2, -0.15) is 4.31 Å². The molecule has 0 aliphatic carbocycles. The third-order valence-electron chi connectivity index (χ3n) is 5.19. The van der Waals surface area contributed by atoms with Crippen LogP contribution in [-0.2, 0) is 26.2 Å². The number of amides is 1. The molecular formula is C22H31N3O6S. The first-order chi connectivity index (χ1) is 15.0. The summed E-state index contributed by atoms with van der Waals surface area (Å²) in [5.74, 6) is -0.847. The summed E-state index contributed by atoms with van der Waals surface area (Å²) in [6.07, 6.45) is 0. The lowest BCUT2D eigenvalue weighted by atomic mass is 10.0. The molecule has 0 aliphatic rings. The van der Waals surface area contributed by atoms with Crippen molar-refractivity contribution in [2.75, 3.05) is 13.1 Å². The van der Waals surface area contributed by atoms with E-state index in [1.54, 1.807) is 41.5 Å². The molecule has 0 saturated carbocycles. The van der Waals surface area contributed by atoms with E-state index in [2.05, 4.69) is 10.5 Å². The van der Waals surface area contributed by atoms with Crippen LogP contribution in [0, 0.1) is 19.8 Å². The maximum absolute atomic E-state index is 12.8. The monoisotopic (exact) mass is 465 g/mol. The third-order valence-corrected chi connectivity index (χ3v) is 7.23. The Morgan fingerprint density at radius 3 is 2.38 bits per heavy atom. The topological polar surface area (TPSA) is 119 Å². The van der Waals surface area contributed by atoms with Gasteiger partial charge in [0.05, 0.1) is 16.2 Å². The molecule has 2 aromatic rings. The second-order valence-corrected chi connectivity index (χ2v) is 9.66. The molecule has 10 heteroatoms. The number of aryl methyl sites for hydroxylation is 2. The SMILES string of the molecule is CCN(CC)S(=O)(=O)c1cccc(C(=O)N[C@@H](C(=O)OCc2c(C)noc2C)C(C)C)c1. The Labute approximate surface area is 189 Å². The van der Waals surface area contributed by atoms with E-state index in [1.807, 2.05) is 0 Å². The van der Waals surface area contributed by atoms with E-state index >= 15 is 0 Å². The van der Waals surface area contributed by atoms with E-state index < -0.39 is 27.9 Å². The zero-order valence-corrected chi connectivity index (χ0v) is 20.2. The van der Waals surface area contributed by atoms with E-state index in [9.17, 15) is 18.0 Å². The van der Waals surface area contributed by atoms with Gasteiger partial charge < -0.3 is 14.6 Å². The lowest BCUT2D eigenvalue weighted by Crippen LogP contribution is -2.45. The van der Waals surface area contributed by atoms with Crippen LogP contribution in [0.5, 0.6) is 0 Å². The number of sulfonamides is 1. The van der Waals surface area contributed by atoms with Gasteiger partial charge in [-0.25, -0.2) is 13.2 Å². The fourth-order valence-corrected chi connectivity index (χ4v) is 4.68. The molecule has 0 aliphatic heterocycles. The molecule has 0 saturated heterocycles.